The van der Waals surface area contributed by atoms with E-state index in [1.807, 2.05) is 0 Å². The normalized spacial score (nSPS) is 19.1. The number of nitrogens with two attached hydrogens (primary N) is 1. The van der Waals surface area contributed by atoms with Gasteiger partial charge in [-0.3, -0.25) is 0 Å². The smallest absolute Gasteiger partial charge is 0.243 e. The zero-order valence-corrected chi connectivity index (χ0v) is 9.98. The van der Waals surface area contributed by atoms with Crippen LogP contribution in [0.2, 0.25) is 0 Å². The summed E-state index contributed by atoms with van der Waals surface area (Å²) in [6.07, 6.45) is 8.17. The predicted molar refractivity (Wildman–Crippen MR) is 62.0 cm³/mol. The van der Waals surface area contributed by atoms with E-state index in [1.165, 1.54) is 25.7 Å². The fourth-order valence-corrected chi connectivity index (χ4v) is 2.30. The van der Waals surface area contributed by atoms with E-state index in [9.17, 15) is 0 Å². The first kappa shape index (κ1) is 11.6. The van der Waals surface area contributed by atoms with Crippen molar-refractivity contribution in [2.24, 2.45) is 5.73 Å². The van der Waals surface area contributed by atoms with Gasteiger partial charge in [-0.1, -0.05) is 37.8 Å². The first-order valence-electron chi connectivity index (χ1n) is 6.40. The Bertz CT molecular complexity index is 318. The van der Waals surface area contributed by atoms with E-state index in [1.54, 1.807) is 0 Å². The van der Waals surface area contributed by atoms with Gasteiger partial charge in [0.05, 0.1) is 6.04 Å². The number of hydrogen-bond donors (Lipinski definition) is 1. The molecule has 0 aliphatic heterocycles. The number of rotatable bonds is 5. The Hall–Kier alpha value is -0.900. The molecule has 0 aromatic carbocycles. The van der Waals surface area contributed by atoms with Gasteiger partial charge in [0, 0.05) is 5.92 Å². The highest BCUT2D eigenvalue weighted by Gasteiger charge is 2.23. The monoisotopic (exact) mass is 223 g/mol. The van der Waals surface area contributed by atoms with Crippen LogP contribution in [-0.4, -0.2) is 10.1 Å². The lowest BCUT2D eigenvalue weighted by Gasteiger charge is -2.04. The van der Waals surface area contributed by atoms with Gasteiger partial charge in [0.15, 0.2) is 5.82 Å². The molecule has 16 heavy (non-hydrogen) atoms. The van der Waals surface area contributed by atoms with Gasteiger partial charge in [-0.05, 0) is 19.3 Å². The standard InChI is InChI=1S/C12H21N3O/c1-2-3-8-10(13)12-14-11(15-16-12)9-6-4-5-7-9/h9-10H,2-8,13H2,1H3. The molecule has 0 bridgehead atoms. The van der Waals surface area contributed by atoms with Crippen LogP contribution in [0.4, 0.5) is 0 Å². The Morgan fingerprint density at radius 3 is 2.88 bits per heavy atom. The third-order valence-corrected chi connectivity index (χ3v) is 3.36. The molecule has 1 saturated carbocycles. The van der Waals surface area contributed by atoms with Crippen molar-refractivity contribution in [2.45, 2.75) is 63.8 Å². The van der Waals surface area contributed by atoms with Crippen molar-refractivity contribution in [1.82, 2.24) is 10.1 Å². The van der Waals surface area contributed by atoms with E-state index in [-0.39, 0.29) is 6.04 Å². The third kappa shape index (κ3) is 2.61. The summed E-state index contributed by atoms with van der Waals surface area (Å²) >= 11 is 0. The molecular formula is C12H21N3O. The molecule has 1 aliphatic carbocycles. The summed E-state index contributed by atoms with van der Waals surface area (Å²) in [7, 11) is 0. The molecule has 1 aromatic rings. The average Bonchev–Trinajstić information content (AvgIpc) is 2.94. The lowest BCUT2D eigenvalue weighted by molar-refractivity contribution is 0.340. The highest BCUT2D eigenvalue weighted by Crippen LogP contribution is 2.32. The summed E-state index contributed by atoms with van der Waals surface area (Å²) in [5.74, 6) is 2.01. The van der Waals surface area contributed by atoms with Crippen molar-refractivity contribution < 1.29 is 4.52 Å². The molecular weight excluding hydrogens is 202 g/mol. The fourth-order valence-electron chi connectivity index (χ4n) is 2.30. The molecule has 0 saturated heterocycles. The fraction of sp³-hybridized carbons (Fsp3) is 0.833. The Labute approximate surface area is 96.6 Å². The van der Waals surface area contributed by atoms with Crippen molar-refractivity contribution in [1.29, 1.82) is 0 Å². The van der Waals surface area contributed by atoms with E-state index in [0.717, 1.165) is 25.1 Å². The largest absolute Gasteiger partial charge is 0.338 e. The SMILES string of the molecule is CCCCC(N)c1nc(C2CCCC2)no1. The highest BCUT2D eigenvalue weighted by atomic mass is 16.5. The van der Waals surface area contributed by atoms with Gasteiger partial charge in [-0.25, -0.2) is 0 Å². The molecule has 0 spiro atoms. The van der Waals surface area contributed by atoms with Crippen LogP contribution in [0.15, 0.2) is 4.52 Å². The van der Waals surface area contributed by atoms with Gasteiger partial charge in [0.1, 0.15) is 0 Å². The van der Waals surface area contributed by atoms with Crippen molar-refractivity contribution in [3.05, 3.63) is 11.7 Å². The Balaban J connectivity index is 1.95. The van der Waals surface area contributed by atoms with Gasteiger partial charge in [0.25, 0.3) is 0 Å². The van der Waals surface area contributed by atoms with Gasteiger partial charge in [0.2, 0.25) is 5.89 Å². The van der Waals surface area contributed by atoms with Crippen LogP contribution >= 0.6 is 0 Å². The molecule has 1 aromatic heterocycles. The van der Waals surface area contributed by atoms with Gasteiger partial charge < -0.3 is 10.3 Å². The van der Waals surface area contributed by atoms with Crippen molar-refractivity contribution in [2.75, 3.05) is 0 Å². The van der Waals surface area contributed by atoms with E-state index >= 15 is 0 Å². The summed E-state index contributed by atoms with van der Waals surface area (Å²) in [6, 6.07) is -0.0809. The quantitative estimate of drug-likeness (QED) is 0.833. The molecule has 0 amide bonds. The molecule has 1 unspecified atom stereocenters. The van der Waals surface area contributed by atoms with Crippen LogP contribution in [0, 0.1) is 0 Å². The second-order valence-corrected chi connectivity index (χ2v) is 4.72. The molecule has 1 fully saturated rings. The summed E-state index contributed by atoms with van der Waals surface area (Å²) < 4.78 is 5.25. The summed E-state index contributed by atoms with van der Waals surface area (Å²) in [5, 5.41) is 4.06. The van der Waals surface area contributed by atoms with E-state index in [2.05, 4.69) is 17.1 Å². The third-order valence-electron chi connectivity index (χ3n) is 3.36. The van der Waals surface area contributed by atoms with Crippen LogP contribution in [0.25, 0.3) is 0 Å². The highest BCUT2D eigenvalue weighted by molar-refractivity contribution is 4.99. The molecule has 90 valence electrons. The molecule has 4 heteroatoms. The topological polar surface area (TPSA) is 64.9 Å². The molecule has 2 rings (SSSR count). The Morgan fingerprint density at radius 1 is 1.44 bits per heavy atom. The number of hydrogen-bond acceptors (Lipinski definition) is 4. The molecule has 1 atom stereocenters. The predicted octanol–water partition coefficient (Wildman–Crippen LogP) is 2.92. The molecule has 1 heterocycles. The Morgan fingerprint density at radius 2 is 2.19 bits per heavy atom. The van der Waals surface area contributed by atoms with Crippen molar-refractivity contribution in [3.63, 3.8) is 0 Å². The van der Waals surface area contributed by atoms with E-state index in [4.69, 9.17) is 10.3 Å². The van der Waals surface area contributed by atoms with Crippen molar-refractivity contribution in [3.8, 4) is 0 Å². The minimum absolute atomic E-state index is 0.0809. The lowest BCUT2D eigenvalue weighted by atomic mass is 10.1. The van der Waals surface area contributed by atoms with Crippen LogP contribution in [0.3, 0.4) is 0 Å². The van der Waals surface area contributed by atoms with Crippen LogP contribution in [0.5, 0.6) is 0 Å². The molecule has 2 N–H and O–H groups in total. The zero-order valence-electron chi connectivity index (χ0n) is 9.98. The number of unbranched alkanes of at least 4 members (excludes halogenated alkanes) is 1. The maximum absolute atomic E-state index is 6.00. The van der Waals surface area contributed by atoms with Gasteiger partial charge >= 0.3 is 0 Å². The van der Waals surface area contributed by atoms with Crippen LogP contribution < -0.4 is 5.73 Å². The lowest BCUT2D eigenvalue weighted by Crippen LogP contribution is -2.10. The zero-order chi connectivity index (χ0) is 11.4. The number of nitrogens with zero attached hydrogens (tertiary/aromatic N) is 2. The molecule has 0 radical (unpaired) electrons. The van der Waals surface area contributed by atoms with Crippen molar-refractivity contribution >= 4 is 0 Å². The molecule has 4 nitrogen and oxygen atoms in total. The first-order valence-corrected chi connectivity index (χ1v) is 6.40. The second-order valence-electron chi connectivity index (χ2n) is 4.72. The summed E-state index contributed by atoms with van der Waals surface area (Å²) in [4.78, 5) is 4.44. The van der Waals surface area contributed by atoms with E-state index < -0.39 is 0 Å². The number of aromatic nitrogens is 2. The maximum Gasteiger partial charge on any atom is 0.243 e. The summed E-state index contributed by atoms with van der Waals surface area (Å²) in [6.45, 7) is 2.16. The minimum atomic E-state index is -0.0809. The maximum atomic E-state index is 6.00. The summed E-state index contributed by atoms with van der Waals surface area (Å²) in [5.41, 5.74) is 6.00. The molecule has 1 aliphatic rings. The Kier molecular flexibility index (Phi) is 3.93. The average molecular weight is 223 g/mol. The van der Waals surface area contributed by atoms with Crippen LogP contribution in [-0.2, 0) is 0 Å². The minimum Gasteiger partial charge on any atom is -0.338 e. The van der Waals surface area contributed by atoms with E-state index in [0.29, 0.717) is 11.8 Å². The second kappa shape index (κ2) is 5.43. The van der Waals surface area contributed by atoms with Gasteiger partial charge in [-0.15, -0.1) is 0 Å². The van der Waals surface area contributed by atoms with Crippen LogP contribution in [0.1, 0.15) is 75.5 Å². The first-order chi connectivity index (χ1) is 7.81. The van der Waals surface area contributed by atoms with Gasteiger partial charge in [-0.2, -0.15) is 4.98 Å².